The van der Waals surface area contributed by atoms with Crippen molar-refractivity contribution in [2.75, 3.05) is 11.9 Å². The molecule has 1 saturated heterocycles. The van der Waals surface area contributed by atoms with E-state index in [1.165, 1.54) is 36.0 Å². The zero-order valence-corrected chi connectivity index (χ0v) is 17.3. The number of unbranched alkanes of at least 4 members (excludes halogenated alkanes) is 1. The van der Waals surface area contributed by atoms with Gasteiger partial charge in [-0.2, -0.15) is 0 Å². The highest BCUT2D eigenvalue weighted by Gasteiger charge is 2.38. The molecule has 2 aromatic carbocycles. The Morgan fingerprint density at radius 2 is 1.86 bits per heavy atom. The second-order valence-electron chi connectivity index (χ2n) is 6.94. The molecular formula is C22H24FN3O2S. The summed E-state index contributed by atoms with van der Waals surface area (Å²) < 4.78 is 13.0. The molecule has 152 valence electrons. The van der Waals surface area contributed by atoms with Crippen molar-refractivity contribution < 1.29 is 14.0 Å². The van der Waals surface area contributed by atoms with Crippen LogP contribution in [0, 0.1) is 12.7 Å². The number of nitrogens with zero attached hydrogens (tertiary/aromatic N) is 2. The van der Waals surface area contributed by atoms with Gasteiger partial charge in [-0.25, -0.2) is 9.38 Å². The lowest BCUT2D eigenvalue weighted by Gasteiger charge is -2.16. The van der Waals surface area contributed by atoms with E-state index in [4.69, 9.17) is 0 Å². The van der Waals surface area contributed by atoms with Crippen molar-refractivity contribution in [2.45, 2.75) is 38.4 Å². The van der Waals surface area contributed by atoms with Crippen LogP contribution in [0.3, 0.4) is 0 Å². The van der Waals surface area contributed by atoms with Gasteiger partial charge in [-0.05, 0) is 49.7 Å². The molecule has 0 bridgehead atoms. The number of amidine groups is 1. The lowest BCUT2D eigenvalue weighted by atomic mass is 10.2. The second-order valence-corrected chi connectivity index (χ2v) is 8.11. The summed E-state index contributed by atoms with van der Waals surface area (Å²) in [6.07, 6.45) is 1.87. The van der Waals surface area contributed by atoms with Gasteiger partial charge >= 0.3 is 0 Å². The molecule has 2 aromatic rings. The number of anilines is 1. The number of hydrogen-bond acceptors (Lipinski definition) is 4. The predicted octanol–water partition coefficient (Wildman–Crippen LogP) is 4.89. The molecule has 1 aliphatic heterocycles. The van der Waals surface area contributed by atoms with Crippen molar-refractivity contribution in [3.8, 4) is 0 Å². The summed E-state index contributed by atoms with van der Waals surface area (Å²) in [7, 11) is 0. The van der Waals surface area contributed by atoms with Crippen LogP contribution in [-0.2, 0) is 9.59 Å². The summed E-state index contributed by atoms with van der Waals surface area (Å²) in [6.45, 7) is 4.66. The molecule has 0 aromatic heterocycles. The highest BCUT2D eigenvalue weighted by molar-refractivity contribution is 8.15. The monoisotopic (exact) mass is 413 g/mol. The Labute approximate surface area is 174 Å². The van der Waals surface area contributed by atoms with Crippen LogP contribution >= 0.6 is 11.8 Å². The molecule has 1 N–H and O–H groups in total. The zero-order valence-electron chi connectivity index (χ0n) is 16.5. The minimum Gasteiger partial charge on any atom is -0.326 e. The number of carbonyl (C=O) groups is 2. The first-order chi connectivity index (χ1) is 14.0. The van der Waals surface area contributed by atoms with E-state index in [1.54, 1.807) is 4.90 Å². The van der Waals surface area contributed by atoms with Crippen LogP contribution in [0.2, 0.25) is 0 Å². The maximum Gasteiger partial charge on any atom is 0.242 e. The van der Waals surface area contributed by atoms with Gasteiger partial charge in [-0.15, -0.1) is 0 Å². The minimum atomic E-state index is -0.517. The number of halogens is 1. The van der Waals surface area contributed by atoms with Crippen LogP contribution in [0.1, 0.15) is 31.7 Å². The number of rotatable bonds is 7. The highest BCUT2D eigenvalue weighted by Crippen LogP contribution is 2.32. The van der Waals surface area contributed by atoms with E-state index >= 15 is 0 Å². The van der Waals surface area contributed by atoms with Crippen LogP contribution < -0.4 is 5.32 Å². The van der Waals surface area contributed by atoms with Gasteiger partial charge in [0.25, 0.3) is 0 Å². The van der Waals surface area contributed by atoms with Gasteiger partial charge in [-0.3, -0.25) is 14.5 Å². The third kappa shape index (κ3) is 5.67. The van der Waals surface area contributed by atoms with Crippen molar-refractivity contribution in [2.24, 2.45) is 4.99 Å². The Morgan fingerprint density at radius 3 is 2.52 bits per heavy atom. The third-order valence-corrected chi connectivity index (χ3v) is 5.69. The first-order valence-electron chi connectivity index (χ1n) is 9.65. The number of aliphatic imine (C=N–C) groups is 1. The summed E-state index contributed by atoms with van der Waals surface area (Å²) >= 11 is 1.32. The lowest BCUT2D eigenvalue weighted by Crippen LogP contribution is -2.34. The summed E-state index contributed by atoms with van der Waals surface area (Å²) in [5.74, 6) is -0.744. The molecule has 1 aliphatic rings. The first-order valence-corrected chi connectivity index (χ1v) is 10.5. The fourth-order valence-electron chi connectivity index (χ4n) is 2.89. The molecule has 2 amide bonds. The van der Waals surface area contributed by atoms with Crippen LogP contribution in [-0.4, -0.2) is 33.7 Å². The van der Waals surface area contributed by atoms with Gasteiger partial charge in [0, 0.05) is 18.7 Å². The fraction of sp³-hybridized carbons (Fsp3) is 0.318. The summed E-state index contributed by atoms with van der Waals surface area (Å²) in [5.41, 5.74) is 2.43. The molecule has 0 radical (unpaired) electrons. The Hall–Kier alpha value is -2.67. The molecule has 1 atom stereocenters. The molecule has 7 heteroatoms. The van der Waals surface area contributed by atoms with Crippen molar-refractivity contribution in [1.82, 2.24) is 4.90 Å². The normalized spacial score (nSPS) is 17.8. The molecule has 5 nitrogen and oxygen atoms in total. The number of hydrogen-bond donors (Lipinski definition) is 1. The molecule has 0 spiro atoms. The van der Waals surface area contributed by atoms with Gasteiger partial charge in [-0.1, -0.05) is 42.8 Å². The van der Waals surface area contributed by atoms with Crippen molar-refractivity contribution >= 4 is 40.1 Å². The standard InChI is InChI=1S/C22H24FN3O2S/c1-3-4-13-26-21(28)19(14-20(27)24-17-11-7-16(23)8-12-17)29-22(26)25-18-9-5-15(2)6-10-18/h5-12,19H,3-4,13-14H2,1-2H3,(H,24,27)/t19-/m1/s1. The van der Waals surface area contributed by atoms with Crippen LogP contribution in [0.15, 0.2) is 53.5 Å². The van der Waals surface area contributed by atoms with E-state index in [2.05, 4.69) is 17.2 Å². The smallest absolute Gasteiger partial charge is 0.242 e. The van der Waals surface area contributed by atoms with E-state index in [1.807, 2.05) is 31.2 Å². The maximum atomic E-state index is 13.0. The number of aryl methyl sites for hydroxylation is 1. The van der Waals surface area contributed by atoms with Gasteiger partial charge in [0.1, 0.15) is 11.1 Å². The second kappa shape index (κ2) is 9.69. The Bertz CT molecular complexity index is 897. The molecule has 0 saturated carbocycles. The van der Waals surface area contributed by atoms with Crippen LogP contribution in [0.4, 0.5) is 15.8 Å². The number of carbonyl (C=O) groups excluding carboxylic acids is 2. The van der Waals surface area contributed by atoms with E-state index in [-0.39, 0.29) is 24.1 Å². The molecule has 1 heterocycles. The Morgan fingerprint density at radius 1 is 1.17 bits per heavy atom. The van der Waals surface area contributed by atoms with Crippen molar-refractivity contribution in [1.29, 1.82) is 0 Å². The topological polar surface area (TPSA) is 61.8 Å². The average molecular weight is 414 g/mol. The average Bonchev–Trinajstić information content (AvgIpc) is 2.98. The lowest BCUT2D eigenvalue weighted by molar-refractivity contribution is -0.128. The van der Waals surface area contributed by atoms with E-state index in [0.29, 0.717) is 17.4 Å². The maximum absolute atomic E-state index is 13.0. The highest BCUT2D eigenvalue weighted by atomic mass is 32.2. The number of benzene rings is 2. The SMILES string of the molecule is CCCCN1C(=O)[C@@H](CC(=O)Nc2ccc(F)cc2)SC1=Nc1ccc(C)cc1. The van der Waals surface area contributed by atoms with E-state index in [9.17, 15) is 14.0 Å². The van der Waals surface area contributed by atoms with Gasteiger partial charge in [0.2, 0.25) is 11.8 Å². The third-order valence-electron chi connectivity index (χ3n) is 4.51. The van der Waals surface area contributed by atoms with E-state index < -0.39 is 5.25 Å². The van der Waals surface area contributed by atoms with Crippen LogP contribution in [0.5, 0.6) is 0 Å². The van der Waals surface area contributed by atoms with Crippen molar-refractivity contribution in [3.05, 3.63) is 59.9 Å². The van der Waals surface area contributed by atoms with Gasteiger partial charge in [0.05, 0.1) is 5.69 Å². The zero-order chi connectivity index (χ0) is 20.8. The van der Waals surface area contributed by atoms with Gasteiger partial charge < -0.3 is 5.32 Å². The fourth-order valence-corrected chi connectivity index (χ4v) is 4.07. The van der Waals surface area contributed by atoms with Gasteiger partial charge in [0.15, 0.2) is 5.17 Å². The molecule has 0 aliphatic carbocycles. The Balaban J connectivity index is 1.72. The quantitative estimate of drug-likeness (QED) is 0.703. The van der Waals surface area contributed by atoms with E-state index in [0.717, 1.165) is 24.1 Å². The minimum absolute atomic E-state index is 0.0381. The number of thioether (sulfide) groups is 1. The Kier molecular flexibility index (Phi) is 7.04. The molecule has 29 heavy (non-hydrogen) atoms. The molecule has 3 rings (SSSR count). The number of nitrogens with one attached hydrogen (secondary N) is 1. The molecular weight excluding hydrogens is 389 g/mol. The largest absolute Gasteiger partial charge is 0.326 e. The first kappa shape index (κ1) is 21.0. The number of amides is 2. The molecule has 1 fully saturated rings. The summed E-state index contributed by atoms with van der Waals surface area (Å²) in [4.78, 5) is 31.6. The summed E-state index contributed by atoms with van der Waals surface area (Å²) in [6, 6.07) is 13.3. The van der Waals surface area contributed by atoms with Crippen LogP contribution in [0.25, 0.3) is 0 Å². The van der Waals surface area contributed by atoms with Crippen molar-refractivity contribution in [3.63, 3.8) is 0 Å². The molecule has 0 unspecified atom stereocenters. The summed E-state index contributed by atoms with van der Waals surface area (Å²) in [5, 5.41) is 2.83. The predicted molar refractivity (Wildman–Crippen MR) is 116 cm³/mol.